The smallest absolute Gasteiger partial charge is 0.211 e. The van der Waals surface area contributed by atoms with Gasteiger partial charge in [0.25, 0.3) is 0 Å². The number of nitrogens with zero attached hydrogens (tertiary/aromatic N) is 3. The quantitative estimate of drug-likeness (QED) is 0.518. The average Bonchev–Trinajstić information content (AvgIpc) is 3.25. The molecule has 0 aliphatic heterocycles. The molecule has 0 radical (unpaired) electrons. The first-order chi connectivity index (χ1) is 13.0. The van der Waals surface area contributed by atoms with E-state index in [1.807, 2.05) is 17.5 Å². The zero-order valence-electron chi connectivity index (χ0n) is 14.0. The van der Waals surface area contributed by atoms with E-state index in [2.05, 4.69) is 14.8 Å². The largest absolute Gasteiger partial charge is 0.240 e. The predicted octanol–water partition coefficient (Wildman–Crippen LogP) is 3.63. The van der Waals surface area contributed by atoms with Crippen LogP contribution in [0.5, 0.6) is 0 Å². The number of rotatable bonds is 6. The normalized spacial score (nSPS) is 11.9. The fourth-order valence-corrected chi connectivity index (χ4v) is 4.65. The highest BCUT2D eigenvalue weighted by atomic mass is 35.5. The average molecular weight is 419 g/mol. The molecular weight excluding hydrogens is 404 g/mol. The minimum atomic E-state index is -3.51. The molecule has 1 N–H and O–H groups in total. The summed E-state index contributed by atoms with van der Waals surface area (Å²) in [7, 11) is -3.51. The zero-order valence-corrected chi connectivity index (χ0v) is 16.4. The van der Waals surface area contributed by atoms with E-state index in [1.54, 1.807) is 47.0 Å². The fraction of sp³-hybridized carbons (Fsp3) is 0.111. The second kappa shape index (κ2) is 7.40. The fourth-order valence-electron chi connectivity index (χ4n) is 2.61. The van der Waals surface area contributed by atoms with Crippen molar-refractivity contribution in [2.45, 2.75) is 11.3 Å². The minimum absolute atomic E-state index is 0.256. The van der Waals surface area contributed by atoms with Crippen LogP contribution in [0.15, 0.2) is 64.9 Å². The summed E-state index contributed by atoms with van der Waals surface area (Å²) in [6.07, 6.45) is 0.509. The van der Waals surface area contributed by atoms with Crippen molar-refractivity contribution in [1.82, 2.24) is 19.3 Å². The number of hydrogen-bond acceptors (Lipinski definition) is 5. The van der Waals surface area contributed by atoms with Gasteiger partial charge in [0.05, 0.1) is 10.6 Å². The van der Waals surface area contributed by atoms with Crippen LogP contribution in [0.25, 0.3) is 16.3 Å². The third-order valence-electron chi connectivity index (χ3n) is 3.98. The first kappa shape index (κ1) is 18.1. The Morgan fingerprint density at radius 1 is 1.07 bits per heavy atom. The molecule has 0 aliphatic carbocycles. The maximum Gasteiger partial charge on any atom is 0.240 e. The monoisotopic (exact) mass is 418 g/mol. The molecule has 6 nitrogen and oxygen atoms in total. The maximum absolute atomic E-state index is 12.3. The van der Waals surface area contributed by atoms with Gasteiger partial charge < -0.3 is 0 Å². The van der Waals surface area contributed by atoms with E-state index in [4.69, 9.17) is 11.6 Å². The van der Waals surface area contributed by atoms with Crippen LogP contribution in [0.3, 0.4) is 0 Å². The Morgan fingerprint density at radius 2 is 1.81 bits per heavy atom. The number of aromatic nitrogens is 3. The van der Waals surface area contributed by atoms with Gasteiger partial charge in [-0.2, -0.15) is 4.98 Å². The molecule has 0 spiro atoms. The lowest BCUT2D eigenvalue weighted by molar-refractivity contribution is 0.581. The summed E-state index contributed by atoms with van der Waals surface area (Å²) in [6.45, 7) is 0.277. The van der Waals surface area contributed by atoms with Crippen LogP contribution in [0.2, 0.25) is 5.02 Å². The second-order valence-corrected chi connectivity index (χ2v) is 8.86. The molecule has 0 atom stereocenters. The van der Waals surface area contributed by atoms with Gasteiger partial charge in [0.1, 0.15) is 0 Å². The highest BCUT2D eigenvalue weighted by Crippen LogP contribution is 2.22. The van der Waals surface area contributed by atoms with Crippen molar-refractivity contribution >= 4 is 37.9 Å². The van der Waals surface area contributed by atoms with E-state index in [0.29, 0.717) is 17.3 Å². The van der Waals surface area contributed by atoms with Gasteiger partial charge in [-0.3, -0.25) is 0 Å². The predicted molar refractivity (Wildman–Crippen MR) is 107 cm³/mol. The van der Waals surface area contributed by atoms with Gasteiger partial charge in [-0.05, 0) is 36.4 Å². The van der Waals surface area contributed by atoms with Gasteiger partial charge in [0.15, 0.2) is 5.82 Å². The van der Waals surface area contributed by atoms with E-state index in [0.717, 1.165) is 16.2 Å². The molecule has 0 saturated heterocycles. The van der Waals surface area contributed by atoms with Crippen molar-refractivity contribution < 1.29 is 8.42 Å². The number of fused-ring (bicyclic) bond motifs is 1. The number of halogens is 1. The molecule has 0 aliphatic rings. The third-order valence-corrected chi connectivity index (χ3v) is 6.57. The maximum atomic E-state index is 12.3. The summed E-state index contributed by atoms with van der Waals surface area (Å²) in [5.41, 5.74) is 1.78. The lowest BCUT2D eigenvalue weighted by Gasteiger charge is -2.06. The molecule has 2 aromatic heterocycles. The van der Waals surface area contributed by atoms with Crippen LogP contribution in [-0.2, 0) is 16.4 Å². The third kappa shape index (κ3) is 3.89. The first-order valence-corrected chi connectivity index (χ1v) is 10.9. The lowest BCUT2D eigenvalue weighted by atomic mass is 10.2. The van der Waals surface area contributed by atoms with Crippen molar-refractivity contribution in [2.24, 2.45) is 0 Å². The van der Waals surface area contributed by atoms with Crippen LogP contribution >= 0.6 is 22.9 Å². The summed E-state index contributed by atoms with van der Waals surface area (Å²) in [6, 6.07) is 15.7. The Labute approximate surface area is 165 Å². The molecule has 4 rings (SSSR count). The van der Waals surface area contributed by atoms with E-state index in [9.17, 15) is 8.42 Å². The lowest BCUT2D eigenvalue weighted by Crippen LogP contribution is -2.26. The number of sulfonamides is 1. The van der Waals surface area contributed by atoms with Crippen molar-refractivity contribution in [1.29, 1.82) is 0 Å². The van der Waals surface area contributed by atoms with Crippen LogP contribution in [0.4, 0.5) is 0 Å². The number of hydrogen-bond donors (Lipinski definition) is 1. The Kier molecular flexibility index (Phi) is 4.96. The molecule has 2 aromatic carbocycles. The molecule has 0 bridgehead atoms. The van der Waals surface area contributed by atoms with E-state index in [-0.39, 0.29) is 11.4 Å². The molecule has 2 heterocycles. The molecular formula is C18H15ClN4O2S2. The van der Waals surface area contributed by atoms with Crippen molar-refractivity contribution in [2.75, 3.05) is 6.54 Å². The van der Waals surface area contributed by atoms with Crippen LogP contribution < -0.4 is 4.72 Å². The second-order valence-electron chi connectivity index (χ2n) is 5.82. The topological polar surface area (TPSA) is 76.4 Å². The van der Waals surface area contributed by atoms with Crippen molar-refractivity contribution in [3.8, 4) is 11.4 Å². The molecule has 27 heavy (non-hydrogen) atoms. The highest BCUT2D eigenvalue weighted by Gasteiger charge is 2.15. The summed E-state index contributed by atoms with van der Waals surface area (Å²) in [5.74, 6) is 0.615. The number of thiazole rings is 1. The van der Waals surface area contributed by atoms with Crippen LogP contribution in [-0.4, -0.2) is 29.6 Å². The van der Waals surface area contributed by atoms with Gasteiger partial charge in [0, 0.05) is 28.9 Å². The Bertz CT molecular complexity index is 1170. The number of nitrogens with one attached hydrogen (secondary N) is 1. The Morgan fingerprint density at radius 3 is 2.56 bits per heavy atom. The van der Waals surface area contributed by atoms with Crippen molar-refractivity contribution in [3.63, 3.8) is 0 Å². The molecule has 0 amide bonds. The van der Waals surface area contributed by atoms with E-state index >= 15 is 0 Å². The molecule has 4 aromatic rings. The highest BCUT2D eigenvalue weighted by molar-refractivity contribution is 7.89. The number of benzene rings is 2. The minimum Gasteiger partial charge on any atom is -0.211 e. The van der Waals surface area contributed by atoms with E-state index < -0.39 is 10.0 Å². The molecule has 0 fully saturated rings. The van der Waals surface area contributed by atoms with Gasteiger partial charge in [-0.15, -0.1) is 16.4 Å². The van der Waals surface area contributed by atoms with Crippen LogP contribution in [0.1, 0.15) is 5.69 Å². The van der Waals surface area contributed by atoms with Gasteiger partial charge in [-0.25, -0.2) is 17.7 Å². The Balaban J connectivity index is 1.49. The summed E-state index contributed by atoms with van der Waals surface area (Å²) in [5, 5.41) is 7.14. The molecule has 0 unspecified atom stereocenters. The van der Waals surface area contributed by atoms with Crippen LogP contribution in [0, 0.1) is 0 Å². The Hall–Kier alpha value is -2.26. The SMILES string of the molecule is O=S(=O)(NCCc1csc2nc(-c3ccc(Cl)cc3)nn12)c1ccccc1. The first-order valence-electron chi connectivity index (χ1n) is 8.17. The van der Waals surface area contributed by atoms with Gasteiger partial charge >= 0.3 is 0 Å². The molecule has 9 heteroatoms. The van der Waals surface area contributed by atoms with Gasteiger partial charge in [0.2, 0.25) is 15.0 Å². The summed E-state index contributed by atoms with van der Waals surface area (Å²) < 4.78 is 29.0. The van der Waals surface area contributed by atoms with Crippen molar-refractivity contribution in [3.05, 3.63) is 70.7 Å². The standard InChI is InChI=1S/C18H15ClN4O2S2/c19-14-8-6-13(7-9-14)17-21-18-23(22-17)15(12-26-18)10-11-20-27(24,25)16-4-2-1-3-5-16/h1-9,12,20H,10-11H2. The summed E-state index contributed by atoms with van der Waals surface area (Å²) in [4.78, 5) is 5.55. The van der Waals surface area contributed by atoms with Gasteiger partial charge in [-0.1, -0.05) is 29.8 Å². The zero-order chi connectivity index (χ0) is 18.9. The molecule has 0 saturated carbocycles. The summed E-state index contributed by atoms with van der Waals surface area (Å²) >= 11 is 7.39. The molecule has 138 valence electrons. The van der Waals surface area contributed by atoms with E-state index in [1.165, 1.54) is 11.3 Å².